The zero-order valence-electron chi connectivity index (χ0n) is 8.78. The first kappa shape index (κ1) is 9.31. The van der Waals surface area contributed by atoms with Crippen molar-refractivity contribution in [2.75, 3.05) is 0 Å². The lowest BCUT2D eigenvalue weighted by Gasteiger charge is -2.10. The molecule has 0 spiro atoms. The fourth-order valence-corrected chi connectivity index (χ4v) is 1.92. The van der Waals surface area contributed by atoms with Crippen LogP contribution in [0.25, 0.3) is 0 Å². The summed E-state index contributed by atoms with van der Waals surface area (Å²) in [5.41, 5.74) is 6.93. The van der Waals surface area contributed by atoms with Crippen LogP contribution in [0.2, 0.25) is 0 Å². The third kappa shape index (κ3) is 1.16. The molecule has 0 nitrogen and oxygen atoms in total. The third-order valence-corrected chi connectivity index (χ3v) is 2.88. The molecule has 0 aliphatic heterocycles. The second-order valence-corrected chi connectivity index (χ2v) is 3.92. The van der Waals surface area contributed by atoms with Gasteiger partial charge in [-0.1, -0.05) is 20.4 Å². The maximum absolute atomic E-state index is 4.12. The minimum atomic E-state index is 0.602. The maximum Gasteiger partial charge on any atom is -0.0210 e. The number of rotatable bonds is 1. The summed E-state index contributed by atoms with van der Waals surface area (Å²) in [6.07, 6.45) is 0. The predicted octanol–water partition coefficient (Wildman–Crippen LogP) is 3.87. The molecule has 0 unspecified atom stereocenters. The minimum Gasteiger partial charge on any atom is -0.0912 e. The van der Waals surface area contributed by atoms with E-state index in [4.69, 9.17) is 0 Å². The van der Waals surface area contributed by atoms with Gasteiger partial charge in [-0.3, -0.25) is 0 Å². The van der Waals surface area contributed by atoms with Gasteiger partial charge in [-0.15, -0.1) is 0 Å². The topological polar surface area (TPSA) is 0 Å². The van der Waals surface area contributed by atoms with Gasteiger partial charge in [0.15, 0.2) is 0 Å². The second kappa shape index (κ2) is 2.93. The Morgan fingerprint density at radius 1 is 0.917 bits per heavy atom. The molecule has 0 fully saturated rings. The van der Waals surface area contributed by atoms with Crippen molar-refractivity contribution >= 4 is 0 Å². The lowest BCUT2D eigenvalue weighted by molar-refractivity contribution is 0.777. The van der Waals surface area contributed by atoms with E-state index in [9.17, 15) is 0 Å². The molecule has 1 aliphatic carbocycles. The zero-order chi connectivity index (χ0) is 9.46. The third-order valence-electron chi connectivity index (χ3n) is 2.88. The molecular weight excluding hydrogens is 144 g/mol. The molecule has 12 heavy (non-hydrogen) atoms. The first-order chi connectivity index (χ1) is 5.46. The standard InChI is InChI=1S/C12H18/c1-7(2)12-10(5)8(3)9(4)11(12)6/h7H,5H2,1-4,6H3. The summed E-state index contributed by atoms with van der Waals surface area (Å²) in [4.78, 5) is 0. The van der Waals surface area contributed by atoms with Crippen LogP contribution < -0.4 is 0 Å². The summed E-state index contributed by atoms with van der Waals surface area (Å²) in [6.45, 7) is 15.1. The van der Waals surface area contributed by atoms with E-state index in [1.807, 2.05) is 0 Å². The Bertz CT molecular complexity index is 285. The molecule has 0 atom stereocenters. The summed E-state index contributed by atoms with van der Waals surface area (Å²) in [6, 6.07) is 0. The average Bonchev–Trinajstić information content (AvgIpc) is 2.16. The Morgan fingerprint density at radius 2 is 1.42 bits per heavy atom. The molecule has 66 valence electrons. The van der Waals surface area contributed by atoms with Crippen LogP contribution in [-0.2, 0) is 0 Å². The van der Waals surface area contributed by atoms with Crippen LogP contribution in [-0.4, -0.2) is 0 Å². The van der Waals surface area contributed by atoms with E-state index < -0.39 is 0 Å². The molecule has 1 aliphatic rings. The van der Waals surface area contributed by atoms with Gasteiger partial charge in [0.05, 0.1) is 0 Å². The summed E-state index contributed by atoms with van der Waals surface area (Å²) < 4.78 is 0. The van der Waals surface area contributed by atoms with Crippen molar-refractivity contribution in [3.05, 3.63) is 34.4 Å². The molecular formula is C12H18. The molecule has 0 bridgehead atoms. The molecule has 1 rings (SSSR count). The van der Waals surface area contributed by atoms with Crippen molar-refractivity contribution in [3.63, 3.8) is 0 Å². The molecule has 0 aromatic rings. The number of hydrogen-bond acceptors (Lipinski definition) is 0. The first-order valence-electron chi connectivity index (χ1n) is 4.55. The molecule has 0 N–H and O–H groups in total. The van der Waals surface area contributed by atoms with Crippen molar-refractivity contribution in [1.29, 1.82) is 0 Å². The van der Waals surface area contributed by atoms with Gasteiger partial charge in [-0.25, -0.2) is 0 Å². The van der Waals surface area contributed by atoms with Gasteiger partial charge in [0.1, 0.15) is 0 Å². The second-order valence-electron chi connectivity index (χ2n) is 3.92. The normalized spacial score (nSPS) is 18.7. The van der Waals surface area contributed by atoms with Crippen LogP contribution in [0, 0.1) is 5.92 Å². The lowest BCUT2D eigenvalue weighted by atomic mass is 9.94. The summed E-state index contributed by atoms with van der Waals surface area (Å²) in [5, 5.41) is 0. The quantitative estimate of drug-likeness (QED) is 0.549. The van der Waals surface area contributed by atoms with Crippen LogP contribution in [0.15, 0.2) is 34.4 Å². The van der Waals surface area contributed by atoms with Gasteiger partial charge < -0.3 is 0 Å². The van der Waals surface area contributed by atoms with Gasteiger partial charge in [0, 0.05) is 0 Å². The molecule has 0 heteroatoms. The fourth-order valence-electron chi connectivity index (χ4n) is 1.92. The van der Waals surface area contributed by atoms with Crippen molar-refractivity contribution in [1.82, 2.24) is 0 Å². The van der Waals surface area contributed by atoms with Crippen molar-refractivity contribution in [2.45, 2.75) is 34.6 Å². The van der Waals surface area contributed by atoms with Gasteiger partial charge in [0.2, 0.25) is 0 Å². The van der Waals surface area contributed by atoms with Crippen LogP contribution in [0.3, 0.4) is 0 Å². The van der Waals surface area contributed by atoms with Crippen molar-refractivity contribution < 1.29 is 0 Å². The van der Waals surface area contributed by atoms with Crippen LogP contribution in [0.4, 0.5) is 0 Å². The molecule has 0 saturated carbocycles. The van der Waals surface area contributed by atoms with Gasteiger partial charge in [-0.2, -0.15) is 0 Å². The maximum atomic E-state index is 4.12. The summed E-state index contributed by atoms with van der Waals surface area (Å²) in [5.74, 6) is 0.602. The van der Waals surface area contributed by atoms with E-state index in [0.717, 1.165) is 0 Å². The van der Waals surface area contributed by atoms with E-state index in [1.54, 1.807) is 0 Å². The largest absolute Gasteiger partial charge is 0.0912 e. The molecule has 0 saturated heterocycles. The van der Waals surface area contributed by atoms with Crippen molar-refractivity contribution in [2.24, 2.45) is 5.92 Å². The van der Waals surface area contributed by atoms with Gasteiger partial charge in [-0.05, 0) is 54.6 Å². The zero-order valence-corrected chi connectivity index (χ0v) is 8.78. The highest BCUT2D eigenvalue weighted by Crippen LogP contribution is 2.38. The SMILES string of the molecule is C=C1C(C)=C(C)C(C)=C1C(C)C. The Labute approximate surface area is 75.7 Å². The molecule has 0 amide bonds. The molecule has 0 radical (unpaired) electrons. The molecule has 0 aromatic carbocycles. The van der Waals surface area contributed by atoms with E-state index >= 15 is 0 Å². The lowest BCUT2D eigenvalue weighted by Crippen LogP contribution is -1.95. The fraction of sp³-hybridized carbons (Fsp3) is 0.500. The molecule has 0 aromatic heterocycles. The van der Waals surface area contributed by atoms with Gasteiger partial charge in [0.25, 0.3) is 0 Å². The van der Waals surface area contributed by atoms with E-state index in [0.29, 0.717) is 5.92 Å². The Hall–Kier alpha value is -0.780. The summed E-state index contributed by atoms with van der Waals surface area (Å²) in [7, 11) is 0. The Morgan fingerprint density at radius 3 is 1.58 bits per heavy atom. The highest BCUT2D eigenvalue weighted by Gasteiger charge is 2.21. The number of hydrogen-bond donors (Lipinski definition) is 0. The van der Waals surface area contributed by atoms with Crippen molar-refractivity contribution in [3.8, 4) is 0 Å². The number of allylic oxidation sites excluding steroid dienone is 5. The summed E-state index contributed by atoms with van der Waals surface area (Å²) >= 11 is 0. The van der Waals surface area contributed by atoms with Crippen LogP contribution in [0.1, 0.15) is 34.6 Å². The Kier molecular flexibility index (Phi) is 2.27. The van der Waals surface area contributed by atoms with E-state index in [2.05, 4.69) is 41.2 Å². The average molecular weight is 162 g/mol. The monoisotopic (exact) mass is 162 g/mol. The van der Waals surface area contributed by atoms with E-state index in [-0.39, 0.29) is 0 Å². The smallest absolute Gasteiger partial charge is 0.0210 e. The first-order valence-corrected chi connectivity index (χ1v) is 4.55. The van der Waals surface area contributed by atoms with Gasteiger partial charge >= 0.3 is 0 Å². The van der Waals surface area contributed by atoms with E-state index in [1.165, 1.54) is 27.9 Å². The van der Waals surface area contributed by atoms with Crippen LogP contribution >= 0.6 is 0 Å². The van der Waals surface area contributed by atoms with Crippen LogP contribution in [0.5, 0.6) is 0 Å². The predicted molar refractivity (Wildman–Crippen MR) is 55.1 cm³/mol. The highest BCUT2D eigenvalue weighted by molar-refractivity contribution is 5.61. The highest BCUT2D eigenvalue weighted by atomic mass is 14.3. The minimum absolute atomic E-state index is 0.602. The Balaban J connectivity index is 3.18. The molecule has 0 heterocycles.